The predicted molar refractivity (Wildman–Crippen MR) is 104 cm³/mol. The summed E-state index contributed by atoms with van der Waals surface area (Å²) in [6.45, 7) is 4.89. The van der Waals surface area contributed by atoms with E-state index in [1.54, 1.807) is 31.2 Å². The maximum atomic E-state index is 13.6. The third kappa shape index (κ3) is 7.00. The molecule has 0 radical (unpaired) electrons. The number of hydrogen-bond acceptors (Lipinski definition) is 2. The summed E-state index contributed by atoms with van der Waals surface area (Å²) in [6, 6.07) is 11.8. The van der Waals surface area contributed by atoms with E-state index in [1.807, 2.05) is 19.1 Å². The van der Waals surface area contributed by atoms with Crippen LogP contribution in [0.25, 0.3) is 0 Å². The first-order valence-corrected chi connectivity index (χ1v) is 9.16. The summed E-state index contributed by atoms with van der Waals surface area (Å²) in [7, 11) is 0. The summed E-state index contributed by atoms with van der Waals surface area (Å²) in [4.78, 5) is 25.1. The van der Waals surface area contributed by atoms with Crippen molar-refractivity contribution in [1.82, 2.24) is 5.32 Å². The van der Waals surface area contributed by atoms with Gasteiger partial charge in [0.15, 0.2) is 13.1 Å². The van der Waals surface area contributed by atoms with Gasteiger partial charge in [-0.2, -0.15) is 0 Å². The minimum absolute atomic E-state index is 0.125. The van der Waals surface area contributed by atoms with Crippen LogP contribution in [0, 0.1) is 12.7 Å². The molecule has 0 aromatic heterocycles. The van der Waals surface area contributed by atoms with Crippen LogP contribution >= 0.6 is 11.6 Å². The molecule has 0 aliphatic carbocycles. The molecule has 1 atom stereocenters. The van der Waals surface area contributed by atoms with Crippen molar-refractivity contribution in [3.63, 3.8) is 0 Å². The molecule has 0 bridgehead atoms. The molecule has 0 saturated carbocycles. The van der Waals surface area contributed by atoms with Gasteiger partial charge in [0.1, 0.15) is 5.82 Å². The van der Waals surface area contributed by atoms with Crippen LogP contribution in [0.15, 0.2) is 42.5 Å². The maximum absolute atomic E-state index is 13.6. The second-order valence-electron chi connectivity index (χ2n) is 6.37. The van der Waals surface area contributed by atoms with E-state index in [0.29, 0.717) is 29.4 Å². The molecular weight excluding hydrogens is 369 g/mol. The van der Waals surface area contributed by atoms with E-state index in [0.717, 1.165) is 10.5 Å². The number of aryl methyl sites for hydroxylation is 1. The Bertz CT molecular complexity index is 796. The van der Waals surface area contributed by atoms with E-state index in [1.165, 1.54) is 6.07 Å². The topological polar surface area (TPSA) is 62.6 Å². The Kier molecular flexibility index (Phi) is 7.76. The van der Waals surface area contributed by atoms with Gasteiger partial charge in [-0.25, -0.2) is 4.39 Å². The van der Waals surface area contributed by atoms with Crippen molar-refractivity contribution in [1.29, 1.82) is 0 Å². The summed E-state index contributed by atoms with van der Waals surface area (Å²) in [6.07, 6.45) is 0. The third-order valence-corrected chi connectivity index (χ3v) is 4.43. The lowest BCUT2D eigenvalue weighted by Gasteiger charge is -2.17. The first-order chi connectivity index (χ1) is 12.9. The largest absolute Gasteiger partial charge is 0.347 e. The Labute approximate surface area is 163 Å². The number of carbonyl (C=O) groups is 2. The Morgan fingerprint density at radius 3 is 2.37 bits per heavy atom. The summed E-state index contributed by atoms with van der Waals surface area (Å²) < 4.78 is 13.6. The highest BCUT2D eigenvalue weighted by molar-refractivity contribution is 6.30. The van der Waals surface area contributed by atoms with Crippen LogP contribution < -0.4 is 15.5 Å². The number of benzene rings is 2. The highest BCUT2D eigenvalue weighted by Gasteiger charge is 2.17. The molecule has 0 spiro atoms. The van der Waals surface area contributed by atoms with Crippen LogP contribution in [-0.4, -0.2) is 31.4 Å². The Morgan fingerprint density at radius 2 is 1.74 bits per heavy atom. The van der Waals surface area contributed by atoms with Crippen LogP contribution in [0.2, 0.25) is 5.02 Å². The van der Waals surface area contributed by atoms with Gasteiger partial charge in [0.25, 0.3) is 11.8 Å². The van der Waals surface area contributed by atoms with Gasteiger partial charge in [-0.1, -0.05) is 29.8 Å². The predicted octanol–water partition coefficient (Wildman–Crippen LogP) is 1.95. The minimum atomic E-state index is -0.367. The molecule has 2 aromatic carbocycles. The smallest absolute Gasteiger partial charge is 0.279 e. The molecule has 2 aromatic rings. The molecule has 2 amide bonds. The quantitative estimate of drug-likeness (QED) is 0.643. The van der Waals surface area contributed by atoms with Crippen LogP contribution in [-0.2, 0) is 16.1 Å². The number of carbonyl (C=O) groups excluding carboxylic acids is 2. The van der Waals surface area contributed by atoms with Crippen molar-refractivity contribution in [2.75, 3.05) is 25.0 Å². The molecule has 0 heterocycles. The lowest BCUT2D eigenvalue weighted by molar-refractivity contribution is -0.881. The van der Waals surface area contributed by atoms with Gasteiger partial charge in [0, 0.05) is 17.3 Å². The van der Waals surface area contributed by atoms with E-state index in [9.17, 15) is 14.0 Å². The molecule has 0 fully saturated rings. The number of rotatable bonds is 8. The Hall–Kier alpha value is -2.44. The van der Waals surface area contributed by atoms with Gasteiger partial charge in [-0.05, 0) is 49.2 Å². The molecule has 7 heteroatoms. The van der Waals surface area contributed by atoms with Crippen molar-refractivity contribution < 1.29 is 18.9 Å². The normalized spacial score (nSPS) is 11.7. The van der Waals surface area contributed by atoms with Crippen molar-refractivity contribution >= 4 is 29.1 Å². The molecule has 5 nitrogen and oxygen atoms in total. The van der Waals surface area contributed by atoms with E-state index in [4.69, 9.17) is 11.6 Å². The van der Waals surface area contributed by atoms with E-state index >= 15 is 0 Å². The lowest BCUT2D eigenvalue weighted by atomic mass is 10.2. The summed E-state index contributed by atoms with van der Waals surface area (Å²) in [5, 5.41) is 6.15. The minimum Gasteiger partial charge on any atom is -0.347 e. The van der Waals surface area contributed by atoms with Gasteiger partial charge < -0.3 is 15.5 Å². The van der Waals surface area contributed by atoms with Crippen molar-refractivity contribution in [2.24, 2.45) is 0 Å². The number of amides is 2. The van der Waals surface area contributed by atoms with Crippen LogP contribution in [0.5, 0.6) is 0 Å². The molecule has 0 aliphatic rings. The average molecular weight is 393 g/mol. The molecule has 0 saturated heterocycles. The van der Waals surface area contributed by atoms with Crippen molar-refractivity contribution in [2.45, 2.75) is 20.4 Å². The fourth-order valence-corrected chi connectivity index (χ4v) is 2.63. The average Bonchev–Trinajstić information content (AvgIpc) is 2.63. The number of halogens is 2. The van der Waals surface area contributed by atoms with E-state index < -0.39 is 0 Å². The molecule has 1 unspecified atom stereocenters. The Morgan fingerprint density at radius 1 is 1.07 bits per heavy atom. The fraction of sp³-hybridized carbons (Fsp3) is 0.300. The number of likely N-dealkylation sites (N-methyl/N-ethyl adjacent to an activating group) is 1. The van der Waals surface area contributed by atoms with Gasteiger partial charge >= 0.3 is 0 Å². The second-order valence-corrected chi connectivity index (χ2v) is 6.81. The zero-order valence-corrected chi connectivity index (χ0v) is 16.2. The zero-order chi connectivity index (χ0) is 19.8. The molecule has 144 valence electrons. The van der Waals surface area contributed by atoms with Gasteiger partial charge in [-0.15, -0.1) is 0 Å². The van der Waals surface area contributed by atoms with E-state index in [2.05, 4.69) is 10.6 Å². The number of quaternary nitrogens is 1. The van der Waals surface area contributed by atoms with Crippen LogP contribution in [0.3, 0.4) is 0 Å². The van der Waals surface area contributed by atoms with Gasteiger partial charge in [0.2, 0.25) is 0 Å². The first-order valence-electron chi connectivity index (χ1n) is 8.78. The van der Waals surface area contributed by atoms with Crippen molar-refractivity contribution in [3.05, 3.63) is 64.4 Å². The lowest BCUT2D eigenvalue weighted by Crippen LogP contribution is -3.13. The summed E-state index contributed by atoms with van der Waals surface area (Å²) >= 11 is 5.84. The molecule has 3 N–H and O–H groups in total. The summed E-state index contributed by atoms with van der Waals surface area (Å²) in [5.41, 5.74) is 1.88. The number of hydrogen-bond donors (Lipinski definition) is 3. The number of nitrogens with one attached hydrogen (secondary N) is 3. The van der Waals surface area contributed by atoms with Crippen molar-refractivity contribution in [3.8, 4) is 0 Å². The highest BCUT2D eigenvalue weighted by atomic mass is 35.5. The second kappa shape index (κ2) is 10.0. The van der Waals surface area contributed by atoms with Crippen LogP contribution in [0.4, 0.5) is 10.1 Å². The monoisotopic (exact) mass is 392 g/mol. The van der Waals surface area contributed by atoms with Crippen LogP contribution in [0.1, 0.15) is 18.1 Å². The zero-order valence-electron chi connectivity index (χ0n) is 15.4. The molecular formula is C20H24ClFN3O2+. The van der Waals surface area contributed by atoms with E-state index in [-0.39, 0.29) is 30.7 Å². The third-order valence-electron chi connectivity index (χ3n) is 4.18. The fourth-order valence-electron chi connectivity index (χ4n) is 2.51. The van der Waals surface area contributed by atoms with Gasteiger partial charge in [-0.3, -0.25) is 9.59 Å². The molecule has 27 heavy (non-hydrogen) atoms. The molecule has 0 aliphatic heterocycles. The SMILES string of the molecule is CC[NH+](CC(=O)NCc1ccc(Cl)cc1)CC(=O)Nc1ccc(C)c(F)c1. The number of anilines is 1. The Balaban J connectivity index is 1.80. The summed E-state index contributed by atoms with van der Waals surface area (Å²) in [5.74, 6) is -0.773. The maximum Gasteiger partial charge on any atom is 0.279 e. The molecule has 2 rings (SSSR count). The standard InChI is InChI=1S/C20H23ClFN3O2/c1-3-25(12-19(26)23-11-15-5-7-16(21)8-6-15)13-20(27)24-17-9-4-14(2)18(22)10-17/h4-10H,3,11-13H2,1-2H3,(H,23,26)(H,24,27)/p+1. The first kappa shape index (κ1) is 20.9. The van der Waals surface area contributed by atoms with Gasteiger partial charge in [0.05, 0.1) is 6.54 Å². The highest BCUT2D eigenvalue weighted by Crippen LogP contribution is 2.13.